The highest BCUT2D eigenvalue weighted by molar-refractivity contribution is 9.10. The van der Waals surface area contributed by atoms with Crippen molar-refractivity contribution in [3.05, 3.63) is 15.9 Å². The molecule has 4 nitrogen and oxygen atoms in total. The van der Waals surface area contributed by atoms with Gasteiger partial charge in [0.05, 0.1) is 22.0 Å². The van der Waals surface area contributed by atoms with Gasteiger partial charge in [0.25, 0.3) is 0 Å². The predicted molar refractivity (Wildman–Crippen MR) is 78.2 cm³/mol. The van der Waals surface area contributed by atoms with Crippen LogP contribution in [0.5, 0.6) is 0 Å². The maximum Gasteiger partial charge on any atom is 0.0766 e. The summed E-state index contributed by atoms with van der Waals surface area (Å²) in [6.07, 6.45) is 3.20. The van der Waals surface area contributed by atoms with Crippen molar-refractivity contribution in [3.8, 4) is 0 Å². The van der Waals surface area contributed by atoms with Gasteiger partial charge in [0.15, 0.2) is 0 Å². The van der Waals surface area contributed by atoms with Crippen molar-refractivity contribution >= 4 is 15.9 Å². The molecule has 0 radical (unpaired) electrons. The molecule has 1 aliphatic heterocycles. The molecule has 0 bridgehead atoms. The van der Waals surface area contributed by atoms with Crippen LogP contribution in [0.15, 0.2) is 4.47 Å². The summed E-state index contributed by atoms with van der Waals surface area (Å²) in [4.78, 5) is 0. The fourth-order valence-corrected chi connectivity index (χ4v) is 3.40. The van der Waals surface area contributed by atoms with Crippen LogP contribution in [0.3, 0.4) is 0 Å². The Balaban J connectivity index is 2.10. The first kappa shape index (κ1) is 15.0. The smallest absolute Gasteiger partial charge is 0.0766 e. The molecule has 0 aromatic carbocycles. The Labute approximate surface area is 123 Å². The first-order valence-corrected chi connectivity index (χ1v) is 7.96. The molecular formula is C14H23BrN2O2. The number of aliphatic hydroxyl groups excluding tert-OH is 1. The van der Waals surface area contributed by atoms with Crippen molar-refractivity contribution in [2.45, 2.75) is 52.2 Å². The SMILES string of the molecule is CCc1nn(CC)c(CC(O)C2CCOCC2)c1Br. The molecule has 0 saturated carbocycles. The fourth-order valence-electron chi connectivity index (χ4n) is 2.68. The summed E-state index contributed by atoms with van der Waals surface area (Å²) < 4.78 is 8.43. The Kier molecular flexibility index (Phi) is 5.42. The zero-order valence-corrected chi connectivity index (χ0v) is 13.3. The Morgan fingerprint density at radius 1 is 1.42 bits per heavy atom. The Morgan fingerprint density at radius 3 is 2.68 bits per heavy atom. The van der Waals surface area contributed by atoms with Crippen molar-refractivity contribution in [2.75, 3.05) is 13.2 Å². The molecule has 1 unspecified atom stereocenters. The van der Waals surface area contributed by atoms with E-state index in [0.717, 1.165) is 54.9 Å². The molecular weight excluding hydrogens is 308 g/mol. The molecule has 1 saturated heterocycles. The summed E-state index contributed by atoms with van der Waals surface area (Å²) in [7, 11) is 0. The molecule has 1 atom stereocenters. The van der Waals surface area contributed by atoms with E-state index < -0.39 is 0 Å². The van der Waals surface area contributed by atoms with E-state index in [1.54, 1.807) is 0 Å². The number of hydrogen-bond donors (Lipinski definition) is 1. The van der Waals surface area contributed by atoms with E-state index in [4.69, 9.17) is 4.74 Å². The van der Waals surface area contributed by atoms with Gasteiger partial charge < -0.3 is 9.84 Å². The third-order valence-electron chi connectivity index (χ3n) is 3.91. The van der Waals surface area contributed by atoms with Gasteiger partial charge in [-0.3, -0.25) is 4.68 Å². The first-order chi connectivity index (χ1) is 9.17. The largest absolute Gasteiger partial charge is 0.392 e. The molecule has 5 heteroatoms. The number of ether oxygens (including phenoxy) is 1. The van der Waals surface area contributed by atoms with Gasteiger partial charge in [-0.2, -0.15) is 5.10 Å². The van der Waals surface area contributed by atoms with Crippen LogP contribution < -0.4 is 0 Å². The third kappa shape index (κ3) is 3.38. The molecule has 108 valence electrons. The lowest BCUT2D eigenvalue weighted by Crippen LogP contribution is -2.29. The minimum absolute atomic E-state index is 0.299. The molecule has 19 heavy (non-hydrogen) atoms. The van der Waals surface area contributed by atoms with Gasteiger partial charge in [-0.05, 0) is 48.0 Å². The Bertz CT molecular complexity index is 414. The van der Waals surface area contributed by atoms with Crippen molar-refractivity contribution in [1.29, 1.82) is 0 Å². The predicted octanol–water partition coefficient (Wildman–Crippen LogP) is 2.56. The molecule has 1 aromatic heterocycles. The maximum atomic E-state index is 10.4. The zero-order chi connectivity index (χ0) is 13.8. The summed E-state index contributed by atoms with van der Waals surface area (Å²) in [6, 6.07) is 0. The van der Waals surface area contributed by atoms with Crippen LogP contribution in [-0.2, 0) is 24.1 Å². The minimum atomic E-state index is -0.299. The minimum Gasteiger partial charge on any atom is -0.392 e. The number of aliphatic hydroxyl groups is 1. The molecule has 1 fully saturated rings. The zero-order valence-electron chi connectivity index (χ0n) is 11.7. The average molecular weight is 331 g/mol. The van der Waals surface area contributed by atoms with E-state index in [0.29, 0.717) is 12.3 Å². The van der Waals surface area contributed by atoms with Crippen LogP contribution in [0.2, 0.25) is 0 Å². The standard InChI is InChI=1S/C14H23BrN2O2/c1-3-11-14(15)12(17(4-2)16-11)9-13(18)10-5-7-19-8-6-10/h10,13,18H,3-9H2,1-2H3. The molecule has 2 heterocycles. The monoisotopic (exact) mass is 330 g/mol. The highest BCUT2D eigenvalue weighted by atomic mass is 79.9. The van der Waals surface area contributed by atoms with Gasteiger partial charge in [-0.15, -0.1) is 0 Å². The summed E-state index contributed by atoms with van der Waals surface area (Å²) >= 11 is 3.64. The number of nitrogens with zero attached hydrogens (tertiary/aromatic N) is 2. The van der Waals surface area contributed by atoms with Crippen molar-refractivity contribution in [2.24, 2.45) is 5.92 Å². The van der Waals surface area contributed by atoms with Crippen LogP contribution >= 0.6 is 15.9 Å². The highest BCUT2D eigenvalue weighted by Gasteiger charge is 2.25. The molecule has 0 aliphatic carbocycles. The van der Waals surface area contributed by atoms with Gasteiger partial charge in [-0.25, -0.2) is 0 Å². The van der Waals surface area contributed by atoms with Gasteiger partial charge in [0.2, 0.25) is 0 Å². The maximum absolute atomic E-state index is 10.4. The van der Waals surface area contributed by atoms with E-state index >= 15 is 0 Å². The molecule has 0 spiro atoms. The lowest BCUT2D eigenvalue weighted by molar-refractivity contribution is 0.00765. The molecule has 1 N–H and O–H groups in total. The lowest BCUT2D eigenvalue weighted by atomic mass is 9.91. The van der Waals surface area contributed by atoms with Crippen LogP contribution in [0.25, 0.3) is 0 Å². The van der Waals surface area contributed by atoms with Crippen LogP contribution in [0.4, 0.5) is 0 Å². The number of rotatable bonds is 5. The first-order valence-electron chi connectivity index (χ1n) is 7.17. The average Bonchev–Trinajstić information content (AvgIpc) is 2.76. The van der Waals surface area contributed by atoms with Crippen molar-refractivity contribution in [3.63, 3.8) is 0 Å². The van der Waals surface area contributed by atoms with E-state index in [2.05, 4.69) is 34.9 Å². The van der Waals surface area contributed by atoms with Crippen LogP contribution in [0.1, 0.15) is 38.1 Å². The van der Waals surface area contributed by atoms with E-state index in [9.17, 15) is 5.11 Å². The van der Waals surface area contributed by atoms with Crippen LogP contribution in [-0.4, -0.2) is 34.2 Å². The summed E-state index contributed by atoms with van der Waals surface area (Å²) in [5.74, 6) is 0.353. The summed E-state index contributed by atoms with van der Waals surface area (Å²) in [5, 5.41) is 15.0. The molecule has 1 aliphatic rings. The Hall–Kier alpha value is -0.390. The number of hydrogen-bond acceptors (Lipinski definition) is 3. The van der Waals surface area contributed by atoms with Gasteiger partial charge in [0.1, 0.15) is 0 Å². The topological polar surface area (TPSA) is 47.3 Å². The van der Waals surface area contributed by atoms with E-state index in [-0.39, 0.29) is 6.10 Å². The highest BCUT2D eigenvalue weighted by Crippen LogP contribution is 2.27. The van der Waals surface area contributed by atoms with E-state index in [1.165, 1.54) is 0 Å². The van der Waals surface area contributed by atoms with Crippen molar-refractivity contribution < 1.29 is 9.84 Å². The second kappa shape index (κ2) is 6.86. The lowest BCUT2D eigenvalue weighted by Gasteiger charge is -2.26. The molecule has 1 aromatic rings. The second-order valence-electron chi connectivity index (χ2n) is 5.10. The Morgan fingerprint density at radius 2 is 2.11 bits per heavy atom. The normalized spacial score (nSPS) is 18.7. The van der Waals surface area contributed by atoms with E-state index in [1.807, 2.05) is 4.68 Å². The molecule has 0 amide bonds. The number of aromatic nitrogens is 2. The van der Waals surface area contributed by atoms with Gasteiger partial charge in [0, 0.05) is 26.2 Å². The van der Waals surface area contributed by atoms with Crippen LogP contribution in [0, 0.1) is 5.92 Å². The quantitative estimate of drug-likeness (QED) is 0.902. The summed E-state index contributed by atoms with van der Waals surface area (Å²) in [6.45, 7) is 6.58. The van der Waals surface area contributed by atoms with Crippen molar-refractivity contribution in [1.82, 2.24) is 9.78 Å². The summed E-state index contributed by atoms with van der Waals surface area (Å²) in [5.41, 5.74) is 2.20. The van der Waals surface area contributed by atoms with Gasteiger partial charge >= 0.3 is 0 Å². The van der Waals surface area contributed by atoms with Gasteiger partial charge in [-0.1, -0.05) is 6.92 Å². The second-order valence-corrected chi connectivity index (χ2v) is 5.89. The molecule has 2 rings (SSSR count). The fraction of sp³-hybridized carbons (Fsp3) is 0.786. The third-order valence-corrected chi connectivity index (χ3v) is 4.82. The number of aryl methyl sites for hydroxylation is 2. The number of halogens is 1.